The molecule has 33 heavy (non-hydrogen) atoms. The Kier molecular flexibility index (Phi) is 4.42. The molecule has 0 unspecified atom stereocenters. The lowest BCUT2D eigenvalue weighted by atomic mass is 9.63. The molecule has 6 atom stereocenters. The number of hydrogen-bond donors (Lipinski definition) is 0. The average molecular weight is 442 g/mol. The summed E-state index contributed by atoms with van der Waals surface area (Å²) in [7, 11) is 0. The maximum Gasteiger partial charge on any atom is 0.343 e. The number of rotatable bonds is 4. The lowest BCUT2D eigenvalue weighted by Crippen LogP contribution is -2.40. The van der Waals surface area contributed by atoms with Crippen molar-refractivity contribution in [2.24, 2.45) is 35.5 Å². The second kappa shape index (κ2) is 7.14. The van der Waals surface area contributed by atoms with E-state index >= 15 is 0 Å². The first-order chi connectivity index (χ1) is 15.8. The van der Waals surface area contributed by atoms with Gasteiger partial charge in [-0.05, 0) is 84.4 Å². The molecule has 5 nitrogen and oxygen atoms in total. The number of imide groups is 1. The van der Waals surface area contributed by atoms with Crippen molar-refractivity contribution in [1.29, 1.82) is 0 Å². The van der Waals surface area contributed by atoms with Gasteiger partial charge in [-0.2, -0.15) is 0 Å². The van der Waals surface area contributed by atoms with Gasteiger partial charge in [-0.15, -0.1) is 0 Å². The number of benzene rings is 2. The smallest absolute Gasteiger partial charge is 0.343 e. The molecule has 4 aliphatic carbocycles. The Morgan fingerprint density at radius 1 is 0.939 bits per heavy atom. The number of amides is 2. The van der Waals surface area contributed by atoms with Crippen LogP contribution in [0.4, 0.5) is 5.69 Å². The predicted molar refractivity (Wildman–Crippen MR) is 124 cm³/mol. The summed E-state index contributed by atoms with van der Waals surface area (Å²) in [4.78, 5) is 40.7. The van der Waals surface area contributed by atoms with E-state index in [9.17, 15) is 14.4 Å². The molecule has 2 aromatic carbocycles. The second-order valence-corrected chi connectivity index (χ2v) is 10.3. The normalized spacial score (nSPS) is 31.1. The van der Waals surface area contributed by atoms with Crippen LogP contribution in [0.5, 0.6) is 5.75 Å². The van der Waals surface area contributed by atoms with Crippen LogP contribution >= 0.6 is 0 Å². The lowest BCUT2D eigenvalue weighted by Gasteiger charge is -2.37. The third kappa shape index (κ3) is 3.01. The van der Waals surface area contributed by atoms with Crippen LogP contribution in [-0.2, 0) is 9.59 Å². The molecule has 5 aliphatic rings. The molecule has 0 spiro atoms. The quantitative estimate of drug-likeness (QED) is 0.293. The van der Waals surface area contributed by atoms with E-state index in [1.165, 1.54) is 4.90 Å². The number of carbonyl (C=O) groups excluding carboxylic acids is 3. The summed E-state index contributed by atoms with van der Waals surface area (Å²) < 4.78 is 5.72. The molecule has 0 aromatic heterocycles. The van der Waals surface area contributed by atoms with E-state index in [2.05, 4.69) is 26.0 Å². The summed E-state index contributed by atoms with van der Waals surface area (Å²) in [5, 5.41) is 0. The predicted octanol–water partition coefficient (Wildman–Crippen LogP) is 4.90. The molecule has 168 valence electrons. The summed E-state index contributed by atoms with van der Waals surface area (Å²) >= 11 is 0. The molecule has 2 saturated carbocycles. The molecule has 7 rings (SSSR count). The summed E-state index contributed by atoms with van der Waals surface area (Å²) in [6, 6.07) is 12.5. The van der Waals surface area contributed by atoms with E-state index in [1.54, 1.807) is 24.3 Å². The molecule has 0 N–H and O–H groups in total. The number of aryl methyl sites for hydroxylation is 1. The highest BCUT2D eigenvalue weighted by molar-refractivity contribution is 6.22. The van der Waals surface area contributed by atoms with Gasteiger partial charge in [-0.25, -0.2) is 4.79 Å². The van der Waals surface area contributed by atoms with E-state index in [-0.39, 0.29) is 41.4 Å². The van der Waals surface area contributed by atoms with Gasteiger partial charge < -0.3 is 4.74 Å². The van der Waals surface area contributed by atoms with E-state index in [1.807, 2.05) is 25.1 Å². The SMILES string of the molecule is Cc1ccc(C(C)C)c(OC(=O)c2ccc(N3C(=O)[C@@H]4[C@H]5C=C[C@@H]([C@@H]6C[C@@H]56)[C@H]4C3=O)cc2)c1. The Labute approximate surface area is 193 Å². The van der Waals surface area contributed by atoms with Crippen molar-refractivity contribution in [3.8, 4) is 5.75 Å². The molecule has 1 saturated heterocycles. The number of anilines is 1. The zero-order chi connectivity index (χ0) is 23.0. The summed E-state index contributed by atoms with van der Waals surface area (Å²) in [6.07, 6.45) is 5.49. The van der Waals surface area contributed by atoms with Crippen LogP contribution in [-0.4, -0.2) is 17.8 Å². The maximum absolute atomic E-state index is 13.3. The van der Waals surface area contributed by atoms with Crippen LogP contribution in [0.25, 0.3) is 0 Å². The minimum absolute atomic E-state index is 0.0913. The van der Waals surface area contributed by atoms with Crippen LogP contribution in [0, 0.1) is 42.4 Å². The lowest BCUT2D eigenvalue weighted by molar-refractivity contribution is -0.124. The minimum Gasteiger partial charge on any atom is -0.423 e. The van der Waals surface area contributed by atoms with Crippen molar-refractivity contribution >= 4 is 23.5 Å². The van der Waals surface area contributed by atoms with Crippen molar-refractivity contribution in [3.63, 3.8) is 0 Å². The molecule has 2 bridgehead atoms. The molecular formula is C28H27NO4. The number of nitrogens with zero attached hydrogens (tertiary/aromatic N) is 1. The fourth-order valence-electron chi connectivity index (χ4n) is 6.32. The monoisotopic (exact) mass is 441 g/mol. The van der Waals surface area contributed by atoms with Crippen molar-refractivity contribution in [2.45, 2.75) is 33.1 Å². The number of esters is 1. The highest BCUT2D eigenvalue weighted by atomic mass is 16.5. The number of allylic oxidation sites excluding steroid dienone is 2. The number of carbonyl (C=O) groups is 3. The Balaban J connectivity index is 1.23. The molecule has 2 amide bonds. The molecule has 1 aliphatic heterocycles. The van der Waals surface area contributed by atoms with Gasteiger partial charge in [0.2, 0.25) is 11.8 Å². The zero-order valence-corrected chi connectivity index (χ0v) is 19.0. The standard InChI is InChI=1S/C28H27NO4/c1-14(2)18-9-4-15(3)12-23(18)33-28(32)16-5-7-17(8-6-16)29-26(30)24-19-10-11-20(22-13-21(19)22)25(24)27(29)31/h4-12,14,19-22,24-25H,13H2,1-3H3/t19-,20-,21-,22-,24+,25+/m0/s1. The number of ether oxygens (including phenoxy) is 1. The van der Waals surface area contributed by atoms with Crippen LogP contribution < -0.4 is 9.64 Å². The van der Waals surface area contributed by atoms with E-state index in [4.69, 9.17) is 4.74 Å². The molecule has 5 heteroatoms. The summed E-state index contributed by atoms with van der Waals surface area (Å²) in [5.41, 5.74) is 2.91. The largest absolute Gasteiger partial charge is 0.423 e. The van der Waals surface area contributed by atoms with Crippen LogP contribution in [0.1, 0.15) is 47.7 Å². The third-order valence-corrected chi connectivity index (χ3v) is 8.02. The Morgan fingerprint density at radius 3 is 2.12 bits per heavy atom. The van der Waals surface area contributed by atoms with Crippen molar-refractivity contribution < 1.29 is 19.1 Å². The van der Waals surface area contributed by atoms with Crippen LogP contribution in [0.2, 0.25) is 0 Å². The molecule has 1 heterocycles. The van der Waals surface area contributed by atoms with Gasteiger partial charge in [0.25, 0.3) is 0 Å². The third-order valence-electron chi connectivity index (χ3n) is 8.02. The number of hydrogen-bond acceptors (Lipinski definition) is 4. The van der Waals surface area contributed by atoms with Crippen LogP contribution in [0.3, 0.4) is 0 Å². The minimum atomic E-state index is -0.455. The van der Waals surface area contributed by atoms with E-state index < -0.39 is 5.97 Å². The van der Waals surface area contributed by atoms with Crippen molar-refractivity contribution in [2.75, 3.05) is 4.90 Å². The van der Waals surface area contributed by atoms with Crippen molar-refractivity contribution in [3.05, 3.63) is 71.3 Å². The highest BCUT2D eigenvalue weighted by Crippen LogP contribution is 2.65. The van der Waals surface area contributed by atoms with E-state index in [0.717, 1.165) is 17.5 Å². The average Bonchev–Trinajstić information content (AvgIpc) is 3.57. The fourth-order valence-corrected chi connectivity index (χ4v) is 6.32. The van der Waals surface area contributed by atoms with Gasteiger partial charge in [0.1, 0.15) is 5.75 Å². The zero-order valence-electron chi connectivity index (χ0n) is 19.0. The Hall–Kier alpha value is -3.21. The Bertz CT molecular complexity index is 1170. The maximum atomic E-state index is 13.3. The van der Waals surface area contributed by atoms with Gasteiger partial charge >= 0.3 is 5.97 Å². The molecular weight excluding hydrogens is 414 g/mol. The van der Waals surface area contributed by atoms with Crippen LogP contribution in [0.15, 0.2) is 54.6 Å². The second-order valence-electron chi connectivity index (χ2n) is 10.3. The first-order valence-corrected chi connectivity index (χ1v) is 11.8. The fraction of sp³-hybridized carbons (Fsp3) is 0.393. The first kappa shape index (κ1) is 20.4. The Morgan fingerprint density at radius 2 is 1.55 bits per heavy atom. The van der Waals surface area contributed by atoms with Gasteiger partial charge in [0.05, 0.1) is 23.1 Å². The summed E-state index contributed by atoms with van der Waals surface area (Å²) in [5.74, 6) is 1.25. The van der Waals surface area contributed by atoms with Crippen molar-refractivity contribution in [1.82, 2.24) is 0 Å². The van der Waals surface area contributed by atoms with E-state index in [0.29, 0.717) is 28.8 Å². The van der Waals surface area contributed by atoms with Gasteiger partial charge in [0, 0.05) is 0 Å². The van der Waals surface area contributed by atoms with Gasteiger partial charge in [-0.1, -0.05) is 38.1 Å². The van der Waals surface area contributed by atoms with Gasteiger partial charge in [-0.3, -0.25) is 14.5 Å². The molecule has 2 aromatic rings. The molecule has 3 fully saturated rings. The highest BCUT2D eigenvalue weighted by Gasteiger charge is 2.67. The summed E-state index contributed by atoms with van der Waals surface area (Å²) in [6.45, 7) is 6.08. The molecule has 0 radical (unpaired) electrons. The first-order valence-electron chi connectivity index (χ1n) is 11.8. The topological polar surface area (TPSA) is 63.7 Å². The van der Waals surface area contributed by atoms with Gasteiger partial charge in [0.15, 0.2) is 0 Å².